The van der Waals surface area contributed by atoms with Crippen molar-refractivity contribution in [1.29, 1.82) is 5.26 Å². The van der Waals surface area contributed by atoms with E-state index in [1.54, 1.807) is 17.2 Å². The lowest BCUT2D eigenvalue weighted by molar-refractivity contribution is 0.0938. The van der Waals surface area contributed by atoms with Crippen molar-refractivity contribution in [1.82, 2.24) is 20.2 Å². The maximum Gasteiger partial charge on any atom is 0.251 e. The molecule has 1 aliphatic carbocycles. The van der Waals surface area contributed by atoms with E-state index in [0.29, 0.717) is 31.4 Å². The summed E-state index contributed by atoms with van der Waals surface area (Å²) in [4.78, 5) is 22.5. The van der Waals surface area contributed by atoms with E-state index >= 15 is 0 Å². The smallest absolute Gasteiger partial charge is 0.251 e. The van der Waals surface area contributed by atoms with Gasteiger partial charge in [-0.3, -0.25) is 4.79 Å². The number of nitrogens with one attached hydrogen (secondary N) is 2. The van der Waals surface area contributed by atoms with E-state index in [1.807, 2.05) is 6.07 Å². The molecule has 1 saturated heterocycles. The summed E-state index contributed by atoms with van der Waals surface area (Å²) in [7, 11) is 0. The highest BCUT2D eigenvalue weighted by atomic mass is 19.1. The number of nitrogens with zero attached hydrogens (tertiary/aromatic N) is 4. The summed E-state index contributed by atoms with van der Waals surface area (Å²) in [5.74, 6) is -0.0690. The molecule has 1 saturated carbocycles. The van der Waals surface area contributed by atoms with Crippen molar-refractivity contribution in [2.75, 3.05) is 18.4 Å². The summed E-state index contributed by atoms with van der Waals surface area (Å²) in [5, 5.41) is 14.6. The lowest BCUT2D eigenvalue weighted by Gasteiger charge is -2.13. The molecule has 2 N–H and O–H groups in total. The monoisotopic (exact) mass is 366 g/mol. The average Bonchev–Trinajstić information content (AvgIpc) is 3.43. The zero-order valence-electron chi connectivity index (χ0n) is 14.7. The standard InChI is InChI=1S/C19H19FN6O/c20-15-9-13(18(27)23-14-6-8-26(10-14)11-21)3-4-17(15)25-19-22-7-5-16(24-19)12-1-2-12/h3-5,7,9,12,14H,1-2,6,8,10H2,(H,23,27)(H,22,24,25). The molecule has 8 heteroatoms. The minimum absolute atomic E-state index is 0.100. The molecule has 1 aromatic carbocycles. The Morgan fingerprint density at radius 3 is 2.85 bits per heavy atom. The van der Waals surface area contributed by atoms with E-state index in [0.717, 1.165) is 18.5 Å². The van der Waals surface area contributed by atoms with Crippen LogP contribution in [-0.2, 0) is 0 Å². The highest BCUT2D eigenvalue weighted by Gasteiger charge is 2.25. The number of anilines is 2. The number of rotatable bonds is 5. The van der Waals surface area contributed by atoms with Crippen LogP contribution in [0.3, 0.4) is 0 Å². The van der Waals surface area contributed by atoms with Crippen LogP contribution in [-0.4, -0.2) is 39.9 Å². The van der Waals surface area contributed by atoms with Crippen molar-refractivity contribution >= 4 is 17.5 Å². The molecule has 0 bridgehead atoms. The van der Waals surface area contributed by atoms with Crippen molar-refractivity contribution in [2.24, 2.45) is 0 Å². The van der Waals surface area contributed by atoms with Crippen LogP contribution >= 0.6 is 0 Å². The van der Waals surface area contributed by atoms with Gasteiger partial charge >= 0.3 is 0 Å². The first-order chi connectivity index (χ1) is 13.1. The van der Waals surface area contributed by atoms with Crippen molar-refractivity contribution < 1.29 is 9.18 Å². The van der Waals surface area contributed by atoms with Gasteiger partial charge in [0.05, 0.1) is 5.69 Å². The zero-order chi connectivity index (χ0) is 18.8. The van der Waals surface area contributed by atoms with Gasteiger partial charge in [0.15, 0.2) is 6.19 Å². The predicted octanol–water partition coefficient (Wildman–Crippen LogP) is 2.52. The summed E-state index contributed by atoms with van der Waals surface area (Å²) >= 11 is 0. The molecule has 7 nitrogen and oxygen atoms in total. The topological polar surface area (TPSA) is 93.9 Å². The maximum absolute atomic E-state index is 14.4. The molecule has 2 fully saturated rings. The van der Waals surface area contributed by atoms with E-state index < -0.39 is 5.82 Å². The first-order valence-corrected chi connectivity index (χ1v) is 8.97. The van der Waals surface area contributed by atoms with E-state index in [9.17, 15) is 9.18 Å². The molecule has 1 aromatic heterocycles. The second-order valence-corrected chi connectivity index (χ2v) is 6.90. The lowest BCUT2D eigenvalue weighted by Crippen LogP contribution is -2.36. The van der Waals surface area contributed by atoms with Gasteiger partial charge in [-0.15, -0.1) is 0 Å². The van der Waals surface area contributed by atoms with Gasteiger partial charge in [0.1, 0.15) is 5.82 Å². The quantitative estimate of drug-likeness (QED) is 0.790. The van der Waals surface area contributed by atoms with Gasteiger partial charge in [-0.05, 0) is 43.5 Å². The molecule has 0 spiro atoms. The van der Waals surface area contributed by atoms with Crippen LogP contribution in [0, 0.1) is 17.3 Å². The Balaban J connectivity index is 1.42. The number of amides is 1. The van der Waals surface area contributed by atoms with Crippen molar-refractivity contribution in [3.63, 3.8) is 0 Å². The fourth-order valence-electron chi connectivity index (χ4n) is 3.16. The highest BCUT2D eigenvalue weighted by molar-refractivity contribution is 5.94. The lowest BCUT2D eigenvalue weighted by atomic mass is 10.1. The first kappa shape index (κ1) is 17.2. The van der Waals surface area contributed by atoms with Crippen molar-refractivity contribution in [3.8, 4) is 6.19 Å². The van der Waals surface area contributed by atoms with E-state index in [-0.39, 0.29) is 23.2 Å². The number of nitriles is 1. The van der Waals surface area contributed by atoms with Gasteiger partial charge in [-0.1, -0.05) is 0 Å². The van der Waals surface area contributed by atoms with Crippen molar-refractivity contribution in [2.45, 2.75) is 31.2 Å². The van der Waals surface area contributed by atoms with Gasteiger partial charge in [0.25, 0.3) is 5.91 Å². The van der Waals surface area contributed by atoms with Crippen LogP contribution in [0.2, 0.25) is 0 Å². The van der Waals surface area contributed by atoms with Gasteiger partial charge in [-0.25, -0.2) is 14.4 Å². The van der Waals surface area contributed by atoms with Crippen LogP contribution in [0.5, 0.6) is 0 Å². The van der Waals surface area contributed by atoms with E-state index in [4.69, 9.17) is 5.26 Å². The summed E-state index contributed by atoms with van der Waals surface area (Å²) < 4.78 is 14.4. The number of halogens is 1. The fraction of sp³-hybridized carbons (Fsp3) is 0.368. The molecule has 2 aliphatic rings. The summed E-state index contributed by atoms with van der Waals surface area (Å²) in [6.07, 6.45) is 6.68. The first-order valence-electron chi connectivity index (χ1n) is 8.97. The third kappa shape index (κ3) is 3.97. The molecule has 2 aromatic rings. The highest BCUT2D eigenvalue weighted by Crippen LogP contribution is 2.39. The average molecular weight is 366 g/mol. The number of aromatic nitrogens is 2. The van der Waals surface area contributed by atoms with Crippen LogP contribution in [0.4, 0.5) is 16.0 Å². The summed E-state index contributed by atoms with van der Waals surface area (Å²) in [5.41, 5.74) is 1.42. The van der Waals surface area contributed by atoms with Gasteiger partial charge in [0, 0.05) is 42.5 Å². The summed E-state index contributed by atoms with van der Waals surface area (Å²) in [6, 6.07) is 6.04. The molecule has 4 rings (SSSR count). The summed E-state index contributed by atoms with van der Waals surface area (Å²) in [6.45, 7) is 1.11. The second-order valence-electron chi connectivity index (χ2n) is 6.90. The maximum atomic E-state index is 14.4. The minimum atomic E-state index is -0.548. The third-order valence-corrected chi connectivity index (χ3v) is 4.82. The van der Waals surface area contributed by atoms with Gasteiger partial charge in [0.2, 0.25) is 5.95 Å². The molecule has 0 radical (unpaired) electrons. The Bertz CT molecular complexity index is 907. The zero-order valence-corrected chi connectivity index (χ0v) is 14.7. The molecular formula is C19H19FN6O. The third-order valence-electron chi connectivity index (χ3n) is 4.82. The second kappa shape index (κ2) is 7.19. The molecule has 27 heavy (non-hydrogen) atoms. The minimum Gasteiger partial charge on any atom is -0.347 e. The molecule has 138 valence electrons. The molecule has 1 aliphatic heterocycles. The van der Waals surface area contributed by atoms with E-state index in [2.05, 4.69) is 26.8 Å². The fourth-order valence-corrected chi connectivity index (χ4v) is 3.16. The molecule has 1 atom stereocenters. The Morgan fingerprint density at radius 2 is 2.15 bits per heavy atom. The van der Waals surface area contributed by atoms with Crippen LogP contribution in [0.25, 0.3) is 0 Å². The van der Waals surface area contributed by atoms with Gasteiger partial charge in [-0.2, -0.15) is 5.26 Å². The Labute approximate surface area is 156 Å². The number of hydrogen-bond donors (Lipinski definition) is 2. The normalized spacial score (nSPS) is 18.8. The largest absolute Gasteiger partial charge is 0.347 e. The molecular weight excluding hydrogens is 347 g/mol. The Morgan fingerprint density at radius 1 is 1.30 bits per heavy atom. The van der Waals surface area contributed by atoms with Crippen LogP contribution < -0.4 is 10.6 Å². The number of likely N-dealkylation sites (tertiary alicyclic amines) is 1. The number of carbonyl (C=O) groups excluding carboxylic acids is 1. The Kier molecular flexibility index (Phi) is 4.59. The molecule has 1 unspecified atom stereocenters. The molecule has 1 amide bonds. The van der Waals surface area contributed by atoms with Crippen LogP contribution in [0.1, 0.15) is 41.2 Å². The van der Waals surface area contributed by atoms with Crippen molar-refractivity contribution in [3.05, 3.63) is 47.5 Å². The SMILES string of the molecule is N#CN1CCC(NC(=O)c2ccc(Nc3nccc(C4CC4)n3)c(F)c2)C1. The number of benzene rings is 1. The predicted molar refractivity (Wildman–Crippen MR) is 96.7 cm³/mol. The number of hydrogen-bond acceptors (Lipinski definition) is 6. The van der Waals surface area contributed by atoms with Crippen LogP contribution in [0.15, 0.2) is 30.5 Å². The number of carbonyl (C=O) groups is 1. The molecule has 2 heterocycles. The van der Waals surface area contributed by atoms with E-state index in [1.165, 1.54) is 12.1 Å². The Hall–Kier alpha value is -3.21. The van der Waals surface area contributed by atoms with Gasteiger partial charge < -0.3 is 15.5 Å².